The first-order chi connectivity index (χ1) is 11.6. The van der Waals surface area contributed by atoms with Crippen LogP contribution in [0.15, 0.2) is 65.7 Å². The second kappa shape index (κ2) is 7.23. The van der Waals surface area contributed by atoms with Crippen LogP contribution >= 0.6 is 11.8 Å². The first-order valence-electron chi connectivity index (χ1n) is 7.39. The lowest BCUT2D eigenvalue weighted by Gasteiger charge is -2.04. The molecule has 0 aliphatic heterocycles. The average Bonchev–Trinajstić information content (AvgIpc) is 2.61. The van der Waals surface area contributed by atoms with Gasteiger partial charge >= 0.3 is 0 Å². The Morgan fingerprint density at radius 1 is 1.04 bits per heavy atom. The quantitative estimate of drug-likeness (QED) is 0.385. The van der Waals surface area contributed by atoms with E-state index < -0.39 is 4.92 Å². The molecule has 0 spiro atoms. The van der Waals surface area contributed by atoms with Crippen molar-refractivity contribution in [1.29, 1.82) is 0 Å². The van der Waals surface area contributed by atoms with Gasteiger partial charge in [-0.05, 0) is 36.8 Å². The van der Waals surface area contributed by atoms with Crippen LogP contribution in [-0.2, 0) is 5.75 Å². The number of hydrogen-bond donors (Lipinski definition) is 0. The molecule has 24 heavy (non-hydrogen) atoms. The van der Waals surface area contributed by atoms with Gasteiger partial charge in [0.15, 0.2) is 0 Å². The smallest absolute Gasteiger partial charge is 0.258 e. The summed E-state index contributed by atoms with van der Waals surface area (Å²) in [6.07, 6.45) is 0. The van der Waals surface area contributed by atoms with Gasteiger partial charge in [-0.25, -0.2) is 0 Å². The van der Waals surface area contributed by atoms with E-state index in [1.807, 2.05) is 12.1 Å². The lowest BCUT2D eigenvalue weighted by Crippen LogP contribution is -1.91. The molecule has 5 nitrogen and oxygen atoms in total. The van der Waals surface area contributed by atoms with Crippen LogP contribution in [-0.4, -0.2) is 15.1 Å². The van der Waals surface area contributed by atoms with Crippen LogP contribution in [0.25, 0.3) is 11.3 Å². The fraction of sp³-hybridized carbons (Fsp3) is 0.111. The molecule has 0 aliphatic rings. The minimum absolute atomic E-state index is 0.0667. The largest absolute Gasteiger partial charge is 0.269 e. The zero-order chi connectivity index (χ0) is 16.9. The van der Waals surface area contributed by atoms with Crippen molar-refractivity contribution in [2.75, 3.05) is 0 Å². The van der Waals surface area contributed by atoms with E-state index in [2.05, 4.69) is 41.4 Å². The molecule has 0 saturated heterocycles. The normalized spacial score (nSPS) is 10.5. The van der Waals surface area contributed by atoms with Crippen molar-refractivity contribution in [3.8, 4) is 11.3 Å². The highest BCUT2D eigenvalue weighted by Gasteiger charge is 2.07. The number of nitrogens with zero attached hydrogens (tertiary/aromatic N) is 3. The summed E-state index contributed by atoms with van der Waals surface area (Å²) in [7, 11) is 0. The molecule has 0 bridgehead atoms. The van der Waals surface area contributed by atoms with E-state index in [4.69, 9.17) is 0 Å². The Labute approximate surface area is 143 Å². The molecule has 0 fully saturated rings. The summed E-state index contributed by atoms with van der Waals surface area (Å²) >= 11 is 1.63. The van der Waals surface area contributed by atoms with E-state index in [0.29, 0.717) is 5.69 Å². The summed E-state index contributed by atoms with van der Waals surface area (Å²) in [5.74, 6) is 0.841. The molecule has 2 aromatic carbocycles. The molecule has 0 N–H and O–H groups in total. The molecule has 0 aliphatic carbocycles. The topological polar surface area (TPSA) is 68.9 Å². The van der Waals surface area contributed by atoms with E-state index in [-0.39, 0.29) is 5.69 Å². The van der Waals surface area contributed by atoms with Gasteiger partial charge in [0.1, 0.15) is 5.03 Å². The fourth-order valence-corrected chi connectivity index (χ4v) is 3.02. The van der Waals surface area contributed by atoms with Crippen LogP contribution in [0.2, 0.25) is 0 Å². The summed E-state index contributed by atoms with van der Waals surface area (Å²) in [6, 6.07) is 18.5. The van der Waals surface area contributed by atoms with Gasteiger partial charge in [-0.15, -0.1) is 10.2 Å². The maximum atomic E-state index is 10.7. The van der Waals surface area contributed by atoms with Crippen molar-refractivity contribution < 1.29 is 4.92 Å². The van der Waals surface area contributed by atoms with Gasteiger partial charge < -0.3 is 0 Å². The van der Waals surface area contributed by atoms with Crippen LogP contribution in [0.5, 0.6) is 0 Å². The van der Waals surface area contributed by atoms with Gasteiger partial charge in [-0.3, -0.25) is 10.1 Å². The third kappa shape index (κ3) is 3.97. The Balaban J connectivity index is 1.67. The van der Waals surface area contributed by atoms with Crippen LogP contribution < -0.4 is 0 Å². The van der Waals surface area contributed by atoms with E-state index >= 15 is 0 Å². The third-order valence-electron chi connectivity index (χ3n) is 3.48. The van der Waals surface area contributed by atoms with E-state index in [9.17, 15) is 10.1 Å². The standard InChI is InChI=1S/C18H15N3O2S/c1-13-3-2-4-14(11-13)12-24-18-10-9-17(19-20-18)15-5-7-16(8-6-15)21(22)23/h2-11H,12H2,1H3. The first kappa shape index (κ1) is 16.1. The monoisotopic (exact) mass is 337 g/mol. The van der Waals surface area contributed by atoms with Crippen LogP contribution in [0, 0.1) is 17.0 Å². The number of nitro benzene ring substituents is 1. The van der Waals surface area contributed by atoms with Crippen molar-refractivity contribution >= 4 is 17.4 Å². The van der Waals surface area contributed by atoms with Gasteiger partial charge in [0.05, 0.1) is 10.6 Å². The number of thioether (sulfide) groups is 1. The Bertz CT molecular complexity index is 849. The molecular formula is C18H15N3O2S. The van der Waals surface area contributed by atoms with Crippen LogP contribution in [0.4, 0.5) is 5.69 Å². The average molecular weight is 337 g/mol. The Hall–Kier alpha value is -2.73. The highest BCUT2D eigenvalue weighted by molar-refractivity contribution is 7.98. The van der Waals surface area contributed by atoms with E-state index in [1.165, 1.54) is 23.3 Å². The fourth-order valence-electron chi connectivity index (χ4n) is 2.26. The van der Waals surface area contributed by atoms with Crippen molar-refractivity contribution in [3.63, 3.8) is 0 Å². The molecule has 1 aromatic heterocycles. The summed E-state index contributed by atoms with van der Waals surface area (Å²) in [5, 5.41) is 20.0. The molecule has 120 valence electrons. The molecule has 0 amide bonds. The maximum Gasteiger partial charge on any atom is 0.269 e. The van der Waals surface area contributed by atoms with Gasteiger partial charge in [-0.1, -0.05) is 41.6 Å². The maximum absolute atomic E-state index is 10.7. The van der Waals surface area contributed by atoms with E-state index in [0.717, 1.165) is 16.3 Å². The number of aryl methyl sites for hydroxylation is 1. The minimum Gasteiger partial charge on any atom is -0.258 e. The molecule has 3 rings (SSSR count). The summed E-state index contributed by atoms with van der Waals surface area (Å²) in [5.41, 5.74) is 4.07. The zero-order valence-electron chi connectivity index (χ0n) is 13.0. The van der Waals surface area contributed by atoms with Crippen molar-refractivity contribution in [1.82, 2.24) is 10.2 Å². The minimum atomic E-state index is -0.416. The molecule has 0 saturated carbocycles. The number of non-ortho nitro benzene ring substituents is 1. The van der Waals surface area contributed by atoms with Crippen LogP contribution in [0.3, 0.4) is 0 Å². The highest BCUT2D eigenvalue weighted by atomic mass is 32.2. The molecule has 3 aromatic rings. The SMILES string of the molecule is Cc1cccc(CSc2ccc(-c3ccc([N+](=O)[O-])cc3)nn2)c1. The highest BCUT2D eigenvalue weighted by Crippen LogP contribution is 2.24. The van der Waals surface area contributed by atoms with Crippen molar-refractivity contribution in [2.24, 2.45) is 0 Å². The van der Waals surface area contributed by atoms with E-state index in [1.54, 1.807) is 23.9 Å². The molecular weight excluding hydrogens is 322 g/mol. The Morgan fingerprint density at radius 3 is 2.46 bits per heavy atom. The van der Waals surface area contributed by atoms with Crippen LogP contribution in [0.1, 0.15) is 11.1 Å². The summed E-state index contributed by atoms with van der Waals surface area (Å²) in [4.78, 5) is 10.3. The molecule has 0 atom stereocenters. The predicted octanol–water partition coefficient (Wildman–Crippen LogP) is 4.65. The summed E-state index contributed by atoms with van der Waals surface area (Å²) < 4.78 is 0. The number of rotatable bonds is 5. The van der Waals surface area contributed by atoms with Gasteiger partial charge in [0.2, 0.25) is 0 Å². The van der Waals surface area contributed by atoms with Gasteiger partial charge in [0.25, 0.3) is 5.69 Å². The molecule has 0 unspecified atom stereocenters. The molecule has 6 heteroatoms. The molecule has 0 radical (unpaired) electrons. The second-order valence-electron chi connectivity index (χ2n) is 5.34. The summed E-state index contributed by atoms with van der Waals surface area (Å²) in [6.45, 7) is 2.08. The number of benzene rings is 2. The Morgan fingerprint density at radius 2 is 1.83 bits per heavy atom. The molecule has 1 heterocycles. The first-order valence-corrected chi connectivity index (χ1v) is 8.37. The predicted molar refractivity (Wildman–Crippen MR) is 94.9 cm³/mol. The Kier molecular flexibility index (Phi) is 4.86. The third-order valence-corrected chi connectivity index (χ3v) is 4.47. The lowest BCUT2D eigenvalue weighted by molar-refractivity contribution is -0.384. The number of aromatic nitrogens is 2. The number of nitro groups is 1. The number of hydrogen-bond acceptors (Lipinski definition) is 5. The van der Waals surface area contributed by atoms with Crippen molar-refractivity contribution in [3.05, 3.63) is 81.9 Å². The second-order valence-corrected chi connectivity index (χ2v) is 6.33. The van der Waals surface area contributed by atoms with Gasteiger partial charge in [-0.2, -0.15) is 0 Å². The van der Waals surface area contributed by atoms with Crippen molar-refractivity contribution in [2.45, 2.75) is 17.7 Å². The van der Waals surface area contributed by atoms with Gasteiger partial charge in [0, 0.05) is 23.4 Å². The zero-order valence-corrected chi connectivity index (χ0v) is 13.9. The lowest BCUT2D eigenvalue weighted by atomic mass is 10.1.